The molecule has 0 fully saturated rings. The topological polar surface area (TPSA) is 67.6 Å². The number of likely N-dealkylation sites (N-methyl/N-ethyl adjacent to an activating group) is 1. The minimum absolute atomic E-state index is 0.130. The first-order valence-electron chi connectivity index (χ1n) is 7.05. The molecule has 0 rings (SSSR count). The lowest BCUT2D eigenvalue weighted by Crippen LogP contribution is -2.34. The number of carbonyl (C=O) groups excluding carboxylic acids is 1. The fraction of sp³-hybridized carbons (Fsp3) is 0.929. The van der Waals surface area contributed by atoms with E-state index in [0.717, 1.165) is 32.5 Å². The van der Waals surface area contributed by atoms with Crippen LogP contribution < -0.4 is 11.1 Å². The van der Waals surface area contributed by atoms with Crippen LogP contribution in [0.5, 0.6) is 0 Å². The van der Waals surface area contributed by atoms with E-state index in [1.54, 1.807) is 7.11 Å². The van der Waals surface area contributed by atoms with Gasteiger partial charge in [0, 0.05) is 33.2 Å². The third-order valence-corrected chi connectivity index (χ3v) is 3.34. The summed E-state index contributed by atoms with van der Waals surface area (Å²) < 4.78 is 5.00. The van der Waals surface area contributed by atoms with E-state index in [9.17, 15) is 4.79 Å². The second-order valence-corrected chi connectivity index (χ2v) is 5.85. The lowest BCUT2D eigenvalue weighted by atomic mass is 9.84. The molecule has 3 N–H and O–H groups in total. The van der Waals surface area contributed by atoms with Gasteiger partial charge < -0.3 is 20.7 Å². The van der Waals surface area contributed by atoms with Crippen LogP contribution in [0.1, 0.15) is 33.1 Å². The van der Waals surface area contributed by atoms with Crippen molar-refractivity contribution >= 4 is 5.91 Å². The summed E-state index contributed by atoms with van der Waals surface area (Å²) in [5.41, 5.74) is 5.71. The number of nitrogens with zero attached hydrogens (tertiary/aromatic N) is 1. The lowest BCUT2D eigenvalue weighted by Gasteiger charge is -2.23. The summed E-state index contributed by atoms with van der Waals surface area (Å²) in [6.07, 6.45) is 2.42. The zero-order valence-electron chi connectivity index (χ0n) is 13.0. The Morgan fingerprint density at radius 3 is 2.58 bits per heavy atom. The van der Waals surface area contributed by atoms with Crippen LogP contribution in [0.3, 0.4) is 0 Å². The molecule has 0 aromatic heterocycles. The average molecular weight is 273 g/mol. The standard InChI is InChI=1S/C14H31N3O2/c1-14(2,7-8-15)6-5-13(18)16-9-10-17(3)11-12-19-4/h5-12,15H2,1-4H3,(H,16,18). The van der Waals surface area contributed by atoms with Gasteiger partial charge in [0.05, 0.1) is 6.61 Å². The fourth-order valence-electron chi connectivity index (χ4n) is 1.80. The van der Waals surface area contributed by atoms with Crippen LogP contribution in [-0.4, -0.2) is 57.8 Å². The molecule has 0 aliphatic carbocycles. The highest BCUT2D eigenvalue weighted by molar-refractivity contribution is 5.75. The average Bonchev–Trinajstić information content (AvgIpc) is 2.34. The number of hydrogen-bond acceptors (Lipinski definition) is 4. The maximum Gasteiger partial charge on any atom is 0.220 e. The maximum atomic E-state index is 11.7. The minimum atomic E-state index is 0.130. The number of methoxy groups -OCH3 is 1. The van der Waals surface area contributed by atoms with Gasteiger partial charge in [-0.2, -0.15) is 0 Å². The molecule has 5 heteroatoms. The quantitative estimate of drug-likeness (QED) is 0.585. The molecule has 0 radical (unpaired) electrons. The van der Waals surface area contributed by atoms with Crippen molar-refractivity contribution in [2.24, 2.45) is 11.1 Å². The molecule has 0 heterocycles. The van der Waals surface area contributed by atoms with Crippen molar-refractivity contribution in [1.82, 2.24) is 10.2 Å². The van der Waals surface area contributed by atoms with Gasteiger partial charge in [0.1, 0.15) is 0 Å². The number of hydrogen-bond donors (Lipinski definition) is 2. The van der Waals surface area contributed by atoms with Gasteiger partial charge in [-0.1, -0.05) is 13.8 Å². The van der Waals surface area contributed by atoms with E-state index in [1.807, 2.05) is 7.05 Å². The number of rotatable bonds is 11. The molecule has 1 amide bonds. The van der Waals surface area contributed by atoms with Crippen LogP contribution in [-0.2, 0) is 9.53 Å². The summed E-state index contributed by atoms with van der Waals surface area (Å²) in [5, 5.41) is 2.95. The number of nitrogens with two attached hydrogens (primary N) is 1. The van der Waals surface area contributed by atoms with Gasteiger partial charge in [-0.05, 0) is 31.8 Å². The summed E-state index contributed by atoms with van der Waals surface area (Å²) >= 11 is 0. The molecule has 0 bridgehead atoms. The molecule has 0 unspecified atom stereocenters. The fourth-order valence-corrected chi connectivity index (χ4v) is 1.80. The van der Waals surface area contributed by atoms with E-state index < -0.39 is 0 Å². The molecule has 114 valence electrons. The first kappa shape index (κ1) is 18.4. The van der Waals surface area contributed by atoms with Crippen molar-refractivity contribution in [3.8, 4) is 0 Å². The smallest absolute Gasteiger partial charge is 0.220 e. The zero-order valence-corrected chi connectivity index (χ0v) is 13.0. The highest BCUT2D eigenvalue weighted by Crippen LogP contribution is 2.25. The highest BCUT2D eigenvalue weighted by Gasteiger charge is 2.18. The van der Waals surface area contributed by atoms with Gasteiger partial charge in [0.2, 0.25) is 5.91 Å². The summed E-state index contributed by atoms with van der Waals surface area (Å²) in [6, 6.07) is 0. The molecule has 0 aromatic rings. The molecular weight excluding hydrogens is 242 g/mol. The van der Waals surface area contributed by atoms with Crippen LogP contribution in [0.25, 0.3) is 0 Å². The SMILES string of the molecule is COCCN(C)CCNC(=O)CCC(C)(C)CCN. The molecule has 19 heavy (non-hydrogen) atoms. The summed E-state index contributed by atoms with van der Waals surface area (Å²) in [4.78, 5) is 13.8. The Kier molecular flexibility index (Phi) is 9.83. The highest BCUT2D eigenvalue weighted by atomic mass is 16.5. The molecule has 0 spiro atoms. The zero-order chi connectivity index (χ0) is 14.7. The number of amides is 1. The number of ether oxygens (including phenoxy) is 1. The van der Waals surface area contributed by atoms with E-state index in [1.165, 1.54) is 0 Å². The Bertz CT molecular complexity index is 245. The molecule has 0 atom stereocenters. The van der Waals surface area contributed by atoms with E-state index in [2.05, 4.69) is 24.1 Å². The normalized spacial score (nSPS) is 11.9. The predicted molar refractivity (Wildman–Crippen MR) is 79.1 cm³/mol. The third-order valence-electron chi connectivity index (χ3n) is 3.34. The Morgan fingerprint density at radius 2 is 2.00 bits per heavy atom. The van der Waals surface area contributed by atoms with Crippen molar-refractivity contribution in [3.63, 3.8) is 0 Å². The third kappa shape index (κ3) is 10.9. The Morgan fingerprint density at radius 1 is 1.32 bits per heavy atom. The van der Waals surface area contributed by atoms with Crippen LogP contribution >= 0.6 is 0 Å². The van der Waals surface area contributed by atoms with E-state index in [-0.39, 0.29) is 11.3 Å². The Balaban J connectivity index is 3.64. The molecule has 0 saturated heterocycles. The van der Waals surface area contributed by atoms with Crippen molar-refractivity contribution in [2.45, 2.75) is 33.1 Å². The monoisotopic (exact) mass is 273 g/mol. The Labute approximate surface area is 117 Å². The number of carbonyl (C=O) groups is 1. The molecule has 0 aliphatic heterocycles. The van der Waals surface area contributed by atoms with Gasteiger partial charge in [0.25, 0.3) is 0 Å². The summed E-state index contributed by atoms with van der Waals surface area (Å²) in [7, 11) is 3.72. The summed E-state index contributed by atoms with van der Waals surface area (Å²) in [6.45, 7) is 8.14. The second kappa shape index (κ2) is 10.2. The minimum Gasteiger partial charge on any atom is -0.383 e. The molecular formula is C14H31N3O2. The van der Waals surface area contributed by atoms with Crippen molar-refractivity contribution < 1.29 is 9.53 Å². The second-order valence-electron chi connectivity index (χ2n) is 5.85. The largest absolute Gasteiger partial charge is 0.383 e. The first-order chi connectivity index (χ1) is 8.91. The van der Waals surface area contributed by atoms with Gasteiger partial charge in [-0.25, -0.2) is 0 Å². The van der Waals surface area contributed by atoms with E-state index in [4.69, 9.17) is 10.5 Å². The molecule has 0 saturated carbocycles. The van der Waals surface area contributed by atoms with Gasteiger partial charge in [-0.15, -0.1) is 0 Å². The van der Waals surface area contributed by atoms with Gasteiger partial charge in [0.15, 0.2) is 0 Å². The van der Waals surface area contributed by atoms with Crippen LogP contribution in [0, 0.1) is 5.41 Å². The Hall–Kier alpha value is -0.650. The van der Waals surface area contributed by atoms with Crippen molar-refractivity contribution in [2.75, 3.05) is 46.9 Å². The molecule has 5 nitrogen and oxygen atoms in total. The maximum absolute atomic E-state index is 11.7. The van der Waals surface area contributed by atoms with Crippen molar-refractivity contribution in [3.05, 3.63) is 0 Å². The number of nitrogens with one attached hydrogen (secondary N) is 1. The van der Waals surface area contributed by atoms with Crippen LogP contribution in [0.2, 0.25) is 0 Å². The van der Waals surface area contributed by atoms with Crippen LogP contribution in [0.15, 0.2) is 0 Å². The first-order valence-corrected chi connectivity index (χ1v) is 7.05. The van der Waals surface area contributed by atoms with Gasteiger partial charge in [-0.3, -0.25) is 4.79 Å². The lowest BCUT2D eigenvalue weighted by molar-refractivity contribution is -0.121. The van der Waals surface area contributed by atoms with Gasteiger partial charge >= 0.3 is 0 Å². The molecule has 0 aromatic carbocycles. The molecule has 0 aliphatic rings. The van der Waals surface area contributed by atoms with E-state index in [0.29, 0.717) is 19.5 Å². The summed E-state index contributed by atoms with van der Waals surface area (Å²) in [5.74, 6) is 0.130. The van der Waals surface area contributed by atoms with Crippen LogP contribution in [0.4, 0.5) is 0 Å². The van der Waals surface area contributed by atoms with E-state index >= 15 is 0 Å². The van der Waals surface area contributed by atoms with Crippen molar-refractivity contribution in [1.29, 1.82) is 0 Å². The predicted octanol–water partition coefficient (Wildman–Crippen LogP) is 0.836.